The van der Waals surface area contributed by atoms with Crippen LogP contribution in [-0.4, -0.2) is 11.7 Å². The molecule has 18 heavy (non-hydrogen) atoms. The summed E-state index contributed by atoms with van der Waals surface area (Å²) in [5.74, 6) is 0. The lowest BCUT2D eigenvalue weighted by atomic mass is 10.1. The molecule has 3 heteroatoms. The highest BCUT2D eigenvalue weighted by atomic mass is 35.5. The van der Waals surface area contributed by atoms with Crippen molar-refractivity contribution in [2.75, 3.05) is 6.61 Å². The maximum absolute atomic E-state index is 9.36. The summed E-state index contributed by atoms with van der Waals surface area (Å²) in [4.78, 5) is 1.12. The number of unbranched alkanes of at least 4 members (excludes halogenated alkanes) is 2. The summed E-state index contributed by atoms with van der Waals surface area (Å²) in [7, 11) is 0. The van der Waals surface area contributed by atoms with Gasteiger partial charge in [0.2, 0.25) is 0 Å². The van der Waals surface area contributed by atoms with E-state index in [9.17, 15) is 5.11 Å². The molecule has 0 fully saturated rings. The lowest BCUT2D eigenvalue weighted by Gasteiger charge is -2.08. The molecule has 0 radical (unpaired) electrons. The quantitative estimate of drug-likeness (QED) is 0.554. The first kappa shape index (κ1) is 15.6. The van der Waals surface area contributed by atoms with E-state index in [1.165, 1.54) is 30.2 Å². The zero-order chi connectivity index (χ0) is 13.4. The Kier molecular flexibility index (Phi) is 7.48. The maximum Gasteiger partial charge on any atom is 0.0797 e. The van der Waals surface area contributed by atoms with E-state index in [4.69, 9.17) is 11.6 Å². The Hall–Kier alpha value is -0.440. The smallest absolute Gasteiger partial charge is 0.0797 e. The lowest BCUT2D eigenvalue weighted by Crippen LogP contribution is -1.93. The number of rotatable bonds is 7. The Morgan fingerprint density at radius 2 is 1.89 bits per heavy atom. The van der Waals surface area contributed by atoms with Crippen molar-refractivity contribution in [2.24, 2.45) is 0 Å². The summed E-state index contributed by atoms with van der Waals surface area (Å²) < 4.78 is 0.720. The summed E-state index contributed by atoms with van der Waals surface area (Å²) in [6, 6.07) is 8.26. The third kappa shape index (κ3) is 5.47. The van der Waals surface area contributed by atoms with E-state index in [2.05, 4.69) is 38.1 Å². The van der Waals surface area contributed by atoms with Crippen molar-refractivity contribution in [3.63, 3.8) is 0 Å². The molecule has 0 spiro atoms. The first-order valence-corrected chi connectivity index (χ1v) is 7.59. The number of halogens is 1. The number of hydrogen-bond donors (Lipinski definition) is 1. The van der Waals surface area contributed by atoms with E-state index in [1.807, 2.05) is 0 Å². The molecule has 0 atom stereocenters. The molecule has 1 aromatic rings. The van der Waals surface area contributed by atoms with E-state index < -0.39 is 0 Å². The number of aryl methyl sites for hydroxylation is 1. The van der Waals surface area contributed by atoms with Gasteiger partial charge in [0.1, 0.15) is 0 Å². The van der Waals surface area contributed by atoms with Crippen LogP contribution in [-0.2, 0) is 0 Å². The zero-order valence-corrected chi connectivity index (χ0v) is 12.7. The second kappa shape index (κ2) is 8.63. The van der Waals surface area contributed by atoms with Gasteiger partial charge in [-0.2, -0.15) is 0 Å². The second-order valence-corrected chi connectivity index (χ2v) is 6.09. The molecule has 1 aromatic carbocycles. The molecule has 0 bridgehead atoms. The Balaban J connectivity index is 2.63. The van der Waals surface area contributed by atoms with Crippen LogP contribution in [0.5, 0.6) is 0 Å². The molecule has 0 heterocycles. The molecule has 1 nitrogen and oxygen atoms in total. The lowest BCUT2D eigenvalue weighted by molar-refractivity contribution is 0.325. The molecule has 0 aromatic heterocycles. The predicted octanol–water partition coefficient (Wildman–Crippen LogP) is 5.11. The van der Waals surface area contributed by atoms with Crippen molar-refractivity contribution in [3.8, 4) is 0 Å². The number of thioether (sulfide) groups is 1. The third-order valence-corrected chi connectivity index (χ3v) is 4.25. The van der Waals surface area contributed by atoms with Gasteiger partial charge in [-0.25, -0.2) is 0 Å². The largest absolute Gasteiger partial charge is 0.392 e. The van der Waals surface area contributed by atoms with Crippen LogP contribution in [0.25, 0.3) is 0 Å². The van der Waals surface area contributed by atoms with Gasteiger partial charge in [0.15, 0.2) is 0 Å². The van der Waals surface area contributed by atoms with E-state index in [-0.39, 0.29) is 6.61 Å². The van der Waals surface area contributed by atoms with Gasteiger partial charge >= 0.3 is 0 Å². The van der Waals surface area contributed by atoms with Crippen LogP contribution in [0.1, 0.15) is 38.2 Å². The van der Waals surface area contributed by atoms with E-state index in [0.29, 0.717) is 0 Å². The van der Waals surface area contributed by atoms with E-state index in [1.54, 1.807) is 0 Å². The van der Waals surface area contributed by atoms with Crippen molar-refractivity contribution in [1.29, 1.82) is 0 Å². The molecule has 0 aliphatic rings. The number of aliphatic hydroxyl groups is 1. The third-order valence-electron chi connectivity index (χ3n) is 2.78. The van der Waals surface area contributed by atoms with Crippen LogP contribution < -0.4 is 0 Å². The van der Waals surface area contributed by atoms with Gasteiger partial charge in [-0.3, -0.25) is 0 Å². The van der Waals surface area contributed by atoms with E-state index in [0.717, 1.165) is 27.7 Å². The minimum Gasteiger partial charge on any atom is -0.392 e. The van der Waals surface area contributed by atoms with Gasteiger partial charge in [0.25, 0.3) is 0 Å². The first-order chi connectivity index (χ1) is 8.67. The van der Waals surface area contributed by atoms with Crippen LogP contribution in [0.2, 0.25) is 0 Å². The molecular formula is C15H21ClOS. The van der Waals surface area contributed by atoms with Gasteiger partial charge in [-0.05, 0) is 37.5 Å². The molecule has 1 rings (SSSR count). The summed E-state index contributed by atoms with van der Waals surface area (Å²) in [6.07, 6.45) is 4.35. The van der Waals surface area contributed by atoms with Crippen LogP contribution in [0, 0.1) is 6.92 Å². The van der Waals surface area contributed by atoms with Crippen LogP contribution >= 0.6 is 23.4 Å². The number of hydrogen-bond acceptors (Lipinski definition) is 2. The molecule has 0 amide bonds. The summed E-state index contributed by atoms with van der Waals surface area (Å²) in [5, 5.41) is 9.36. The van der Waals surface area contributed by atoms with E-state index >= 15 is 0 Å². The van der Waals surface area contributed by atoms with Crippen molar-refractivity contribution < 1.29 is 5.11 Å². The SMILES string of the molecule is CCCCC/C(CO)=C(/Cl)Sc1ccc(C)cc1. The molecule has 0 saturated carbocycles. The van der Waals surface area contributed by atoms with Crippen LogP contribution in [0.15, 0.2) is 39.1 Å². The summed E-state index contributed by atoms with van der Waals surface area (Å²) in [5.41, 5.74) is 2.19. The molecule has 100 valence electrons. The van der Waals surface area contributed by atoms with Gasteiger partial charge in [-0.1, -0.05) is 60.8 Å². The number of aliphatic hydroxyl groups excluding tert-OH is 1. The fourth-order valence-corrected chi connectivity index (χ4v) is 2.82. The molecule has 0 saturated heterocycles. The van der Waals surface area contributed by atoms with Crippen molar-refractivity contribution >= 4 is 23.4 Å². The Morgan fingerprint density at radius 1 is 1.22 bits per heavy atom. The van der Waals surface area contributed by atoms with Crippen LogP contribution in [0.4, 0.5) is 0 Å². The monoisotopic (exact) mass is 284 g/mol. The van der Waals surface area contributed by atoms with Crippen molar-refractivity contribution in [2.45, 2.75) is 44.4 Å². The molecule has 1 N–H and O–H groups in total. The molecule has 0 unspecified atom stereocenters. The minimum atomic E-state index is 0.0570. The average Bonchev–Trinajstić information content (AvgIpc) is 2.37. The summed E-state index contributed by atoms with van der Waals surface area (Å²) in [6.45, 7) is 4.29. The van der Waals surface area contributed by atoms with Gasteiger partial charge in [0, 0.05) is 4.90 Å². The zero-order valence-electron chi connectivity index (χ0n) is 11.1. The second-order valence-electron chi connectivity index (χ2n) is 4.41. The normalized spacial score (nSPS) is 12.4. The predicted molar refractivity (Wildman–Crippen MR) is 81.1 cm³/mol. The maximum atomic E-state index is 9.36. The Bertz CT molecular complexity index is 384. The molecular weight excluding hydrogens is 264 g/mol. The van der Waals surface area contributed by atoms with Crippen molar-refractivity contribution in [1.82, 2.24) is 0 Å². The highest BCUT2D eigenvalue weighted by Gasteiger charge is 2.06. The highest BCUT2D eigenvalue weighted by molar-refractivity contribution is 8.04. The minimum absolute atomic E-state index is 0.0570. The highest BCUT2D eigenvalue weighted by Crippen LogP contribution is 2.33. The van der Waals surface area contributed by atoms with Crippen molar-refractivity contribution in [3.05, 3.63) is 39.8 Å². The topological polar surface area (TPSA) is 20.2 Å². The first-order valence-electron chi connectivity index (χ1n) is 6.40. The molecule has 0 aliphatic carbocycles. The van der Waals surface area contributed by atoms with Gasteiger partial charge in [0.05, 0.1) is 11.0 Å². The number of benzene rings is 1. The summed E-state index contributed by atoms with van der Waals surface area (Å²) >= 11 is 7.81. The van der Waals surface area contributed by atoms with Gasteiger partial charge in [-0.15, -0.1) is 0 Å². The average molecular weight is 285 g/mol. The Morgan fingerprint density at radius 3 is 2.44 bits per heavy atom. The fourth-order valence-electron chi connectivity index (χ4n) is 1.61. The van der Waals surface area contributed by atoms with Gasteiger partial charge < -0.3 is 5.11 Å². The fraction of sp³-hybridized carbons (Fsp3) is 0.467. The Labute approximate surface area is 119 Å². The molecule has 0 aliphatic heterocycles. The standard InChI is InChI=1S/C15H21ClOS/c1-3-4-5-6-13(11-17)15(16)18-14-9-7-12(2)8-10-14/h7-10,17H,3-6,11H2,1-2H3/b15-13+. The van der Waals surface area contributed by atoms with Crippen LogP contribution in [0.3, 0.4) is 0 Å².